The number of nitrogens with zero attached hydrogens (tertiary/aromatic N) is 2. The first kappa shape index (κ1) is 15.1. The number of benzene rings is 1. The van der Waals surface area contributed by atoms with E-state index in [9.17, 15) is 4.79 Å². The molecule has 0 atom stereocenters. The minimum Gasteiger partial charge on any atom is -0.472 e. The van der Waals surface area contributed by atoms with E-state index >= 15 is 0 Å². The van der Waals surface area contributed by atoms with Gasteiger partial charge in [0.2, 0.25) is 0 Å². The summed E-state index contributed by atoms with van der Waals surface area (Å²) in [5.74, 6) is -0.0907. The molecule has 0 unspecified atom stereocenters. The SMILES string of the molecule is Cc1nn(C)c(C)c1C(=O)NCc1ccc(-c2ccoc2)cc1. The van der Waals surface area contributed by atoms with Crippen LogP contribution in [0.5, 0.6) is 0 Å². The highest BCUT2D eigenvalue weighted by Crippen LogP contribution is 2.20. The van der Waals surface area contributed by atoms with Crippen LogP contribution in [0.2, 0.25) is 0 Å². The van der Waals surface area contributed by atoms with Crippen LogP contribution in [0.1, 0.15) is 27.3 Å². The zero-order valence-corrected chi connectivity index (χ0v) is 13.5. The van der Waals surface area contributed by atoms with Gasteiger partial charge in [-0.2, -0.15) is 5.10 Å². The number of carbonyl (C=O) groups is 1. The molecule has 2 aromatic heterocycles. The molecule has 0 saturated carbocycles. The van der Waals surface area contributed by atoms with E-state index in [1.807, 2.05) is 51.2 Å². The lowest BCUT2D eigenvalue weighted by Gasteiger charge is -2.07. The van der Waals surface area contributed by atoms with Gasteiger partial charge in [0.05, 0.1) is 23.8 Å². The van der Waals surface area contributed by atoms with Gasteiger partial charge in [0.1, 0.15) is 0 Å². The van der Waals surface area contributed by atoms with E-state index in [0.29, 0.717) is 12.1 Å². The van der Waals surface area contributed by atoms with Crippen LogP contribution in [0, 0.1) is 13.8 Å². The molecule has 0 bridgehead atoms. The molecule has 0 radical (unpaired) electrons. The van der Waals surface area contributed by atoms with Crippen LogP contribution < -0.4 is 5.32 Å². The third-order valence-corrected chi connectivity index (χ3v) is 4.00. The fourth-order valence-electron chi connectivity index (χ4n) is 2.62. The smallest absolute Gasteiger partial charge is 0.255 e. The molecule has 3 rings (SSSR count). The molecule has 1 aromatic carbocycles. The Morgan fingerprint density at radius 2 is 1.91 bits per heavy atom. The standard InChI is InChI=1S/C18H19N3O2/c1-12-17(13(2)21(3)20-12)18(22)19-10-14-4-6-15(7-5-14)16-8-9-23-11-16/h4-9,11H,10H2,1-3H3,(H,19,22). The monoisotopic (exact) mass is 309 g/mol. The Morgan fingerprint density at radius 3 is 2.48 bits per heavy atom. The summed E-state index contributed by atoms with van der Waals surface area (Å²) < 4.78 is 6.81. The summed E-state index contributed by atoms with van der Waals surface area (Å²) in [5, 5.41) is 7.23. The van der Waals surface area contributed by atoms with Gasteiger partial charge in [-0.15, -0.1) is 0 Å². The highest BCUT2D eigenvalue weighted by Gasteiger charge is 2.16. The largest absolute Gasteiger partial charge is 0.472 e. The molecule has 1 N–H and O–H groups in total. The van der Waals surface area contributed by atoms with E-state index in [4.69, 9.17) is 4.42 Å². The zero-order chi connectivity index (χ0) is 16.4. The van der Waals surface area contributed by atoms with Gasteiger partial charge >= 0.3 is 0 Å². The molecule has 23 heavy (non-hydrogen) atoms. The van der Waals surface area contributed by atoms with Gasteiger partial charge in [-0.05, 0) is 31.0 Å². The van der Waals surface area contributed by atoms with Crippen molar-refractivity contribution >= 4 is 5.91 Å². The van der Waals surface area contributed by atoms with Crippen LogP contribution in [-0.2, 0) is 13.6 Å². The van der Waals surface area contributed by atoms with Gasteiger partial charge in [-0.3, -0.25) is 9.48 Å². The summed E-state index contributed by atoms with van der Waals surface area (Å²) in [4.78, 5) is 12.3. The normalized spacial score (nSPS) is 10.7. The second kappa shape index (κ2) is 6.12. The van der Waals surface area contributed by atoms with Crippen LogP contribution in [0.4, 0.5) is 0 Å². The fourth-order valence-corrected chi connectivity index (χ4v) is 2.62. The predicted molar refractivity (Wildman–Crippen MR) is 88.0 cm³/mol. The van der Waals surface area contributed by atoms with E-state index in [2.05, 4.69) is 10.4 Å². The molecule has 2 heterocycles. The summed E-state index contributed by atoms with van der Waals surface area (Å²) >= 11 is 0. The van der Waals surface area contributed by atoms with Crippen LogP contribution in [-0.4, -0.2) is 15.7 Å². The molecule has 5 heteroatoms. The summed E-state index contributed by atoms with van der Waals surface area (Å²) in [6, 6.07) is 9.97. The predicted octanol–water partition coefficient (Wildman–Crippen LogP) is 3.23. The third-order valence-electron chi connectivity index (χ3n) is 4.00. The number of amides is 1. The summed E-state index contributed by atoms with van der Waals surface area (Å²) in [5.41, 5.74) is 5.45. The highest BCUT2D eigenvalue weighted by atomic mass is 16.3. The second-order valence-electron chi connectivity index (χ2n) is 5.56. The molecule has 118 valence electrons. The molecule has 0 saturated heterocycles. The molecule has 0 aliphatic heterocycles. The van der Waals surface area contributed by atoms with E-state index in [-0.39, 0.29) is 5.91 Å². The van der Waals surface area contributed by atoms with E-state index in [0.717, 1.165) is 28.1 Å². The first-order chi connectivity index (χ1) is 11.1. The molecular weight excluding hydrogens is 290 g/mol. The van der Waals surface area contributed by atoms with Crippen molar-refractivity contribution in [2.75, 3.05) is 0 Å². The van der Waals surface area contributed by atoms with Gasteiger partial charge in [0.15, 0.2) is 0 Å². The van der Waals surface area contributed by atoms with Gasteiger partial charge in [-0.25, -0.2) is 0 Å². The Labute approximate surface area is 134 Å². The summed E-state index contributed by atoms with van der Waals surface area (Å²) in [6.07, 6.45) is 3.37. The molecule has 3 aromatic rings. The first-order valence-electron chi connectivity index (χ1n) is 7.46. The number of carbonyl (C=O) groups excluding carboxylic acids is 1. The minimum atomic E-state index is -0.0907. The lowest BCUT2D eigenvalue weighted by molar-refractivity contribution is 0.0949. The number of nitrogens with one attached hydrogen (secondary N) is 1. The number of aromatic nitrogens is 2. The number of aryl methyl sites for hydroxylation is 2. The van der Waals surface area contributed by atoms with Crippen molar-refractivity contribution in [2.45, 2.75) is 20.4 Å². The van der Waals surface area contributed by atoms with Crippen molar-refractivity contribution < 1.29 is 9.21 Å². The number of rotatable bonds is 4. The molecule has 0 spiro atoms. The van der Waals surface area contributed by atoms with Gasteiger partial charge in [-0.1, -0.05) is 24.3 Å². The maximum atomic E-state index is 12.3. The average molecular weight is 309 g/mol. The third kappa shape index (κ3) is 3.04. The molecular formula is C18H19N3O2. The van der Waals surface area contributed by atoms with Crippen molar-refractivity contribution in [3.63, 3.8) is 0 Å². The summed E-state index contributed by atoms with van der Waals surface area (Å²) in [7, 11) is 1.84. The minimum absolute atomic E-state index is 0.0907. The Hall–Kier alpha value is -2.82. The number of hydrogen-bond donors (Lipinski definition) is 1. The maximum Gasteiger partial charge on any atom is 0.255 e. The zero-order valence-electron chi connectivity index (χ0n) is 13.5. The lowest BCUT2D eigenvalue weighted by atomic mass is 10.1. The Morgan fingerprint density at radius 1 is 1.17 bits per heavy atom. The molecule has 0 aliphatic carbocycles. The van der Waals surface area contributed by atoms with Crippen molar-refractivity contribution in [2.24, 2.45) is 7.05 Å². The van der Waals surface area contributed by atoms with E-state index in [1.165, 1.54) is 0 Å². The fraction of sp³-hybridized carbons (Fsp3) is 0.222. The van der Waals surface area contributed by atoms with Crippen LogP contribution >= 0.6 is 0 Å². The summed E-state index contributed by atoms with van der Waals surface area (Å²) in [6.45, 7) is 4.23. The van der Waals surface area contributed by atoms with E-state index in [1.54, 1.807) is 17.2 Å². The quantitative estimate of drug-likeness (QED) is 0.805. The van der Waals surface area contributed by atoms with Crippen molar-refractivity contribution in [3.8, 4) is 11.1 Å². The second-order valence-corrected chi connectivity index (χ2v) is 5.56. The van der Waals surface area contributed by atoms with Gasteiger partial charge in [0, 0.05) is 24.8 Å². The Bertz CT molecular complexity index is 815. The van der Waals surface area contributed by atoms with Crippen molar-refractivity contribution in [3.05, 3.63) is 65.4 Å². The molecule has 5 nitrogen and oxygen atoms in total. The molecule has 1 amide bonds. The Balaban J connectivity index is 1.67. The van der Waals surface area contributed by atoms with Gasteiger partial charge < -0.3 is 9.73 Å². The van der Waals surface area contributed by atoms with Crippen LogP contribution in [0.25, 0.3) is 11.1 Å². The molecule has 0 aliphatic rings. The topological polar surface area (TPSA) is 60.1 Å². The molecule has 0 fully saturated rings. The van der Waals surface area contributed by atoms with Gasteiger partial charge in [0.25, 0.3) is 5.91 Å². The first-order valence-corrected chi connectivity index (χ1v) is 7.46. The number of furan rings is 1. The Kier molecular flexibility index (Phi) is 4.02. The van der Waals surface area contributed by atoms with E-state index < -0.39 is 0 Å². The van der Waals surface area contributed by atoms with Crippen molar-refractivity contribution in [1.82, 2.24) is 15.1 Å². The average Bonchev–Trinajstić information content (AvgIpc) is 3.15. The lowest BCUT2D eigenvalue weighted by Crippen LogP contribution is -2.24. The van der Waals surface area contributed by atoms with Crippen LogP contribution in [0.15, 0.2) is 47.3 Å². The maximum absolute atomic E-state index is 12.3. The van der Waals surface area contributed by atoms with Crippen LogP contribution in [0.3, 0.4) is 0 Å². The number of hydrogen-bond acceptors (Lipinski definition) is 3. The highest BCUT2D eigenvalue weighted by molar-refractivity contribution is 5.96. The van der Waals surface area contributed by atoms with Crippen molar-refractivity contribution in [1.29, 1.82) is 0 Å².